The third-order valence-corrected chi connectivity index (χ3v) is 6.37. The second-order valence-corrected chi connectivity index (χ2v) is 8.85. The molecule has 7 nitrogen and oxygen atoms in total. The summed E-state index contributed by atoms with van der Waals surface area (Å²) in [6, 6.07) is 5.03. The van der Waals surface area contributed by atoms with Crippen LogP contribution < -0.4 is 10.0 Å². The lowest BCUT2D eigenvalue weighted by molar-refractivity contribution is -0.605. The molecule has 186 valence electrons. The van der Waals surface area contributed by atoms with Crippen molar-refractivity contribution in [2.45, 2.75) is 37.8 Å². The second kappa shape index (κ2) is 9.82. The van der Waals surface area contributed by atoms with Gasteiger partial charge in [-0.25, -0.2) is 22.5 Å². The van der Waals surface area contributed by atoms with E-state index < -0.39 is 41.8 Å². The van der Waals surface area contributed by atoms with E-state index in [4.69, 9.17) is 11.6 Å². The Morgan fingerprint density at radius 3 is 2.60 bits per heavy atom. The fourth-order valence-corrected chi connectivity index (χ4v) is 4.34. The molecule has 1 unspecified atom stereocenters. The number of pyridine rings is 1. The number of nitrogens with one attached hydrogen (secondary N) is 1. The number of anilines is 1. The average molecular weight is 512 g/mol. The second-order valence-electron chi connectivity index (χ2n) is 8.52. The molecule has 4 rings (SSSR count). The fourth-order valence-electron chi connectivity index (χ4n) is 4.14. The molecular weight excluding hydrogens is 490 g/mol. The van der Waals surface area contributed by atoms with Crippen LogP contribution in [0, 0.1) is 16.8 Å². The number of nitrogens with zero attached hydrogens (tertiary/aromatic N) is 4. The molecule has 3 aromatic rings. The van der Waals surface area contributed by atoms with E-state index in [1.807, 2.05) is 0 Å². The molecule has 35 heavy (non-hydrogen) atoms. The topological polar surface area (TPSA) is 77.1 Å². The highest BCUT2D eigenvalue weighted by Gasteiger charge is 2.46. The van der Waals surface area contributed by atoms with E-state index in [-0.39, 0.29) is 30.7 Å². The lowest BCUT2D eigenvalue weighted by atomic mass is 9.87. The molecule has 0 spiro atoms. The zero-order valence-electron chi connectivity index (χ0n) is 18.6. The molecule has 1 fully saturated rings. The van der Waals surface area contributed by atoms with Gasteiger partial charge in [0, 0.05) is 43.9 Å². The van der Waals surface area contributed by atoms with Crippen LogP contribution in [0.1, 0.15) is 30.4 Å². The standard InChI is InChI=1S/C23H22ClF4N5O2/c1-14(31-7-4-23(27,28)19(12-31)16-2-5-33(35)6-3-16)21(34)29-20-13-32(22(24)30-20)11-15-8-17(25)10-18(26)9-15/h2-3,5-6,8-10,13-14,19H,4,7,11-12H2,1H3,(H,29,34)/t14?,19-/m1/s1. The molecular formula is C23H22ClF4N5O2. The van der Waals surface area contributed by atoms with Gasteiger partial charge < -0.3 is 15.1 Å². The number of carbonyl (C=O) groups excluding carboxylic acids is 1. The van der Waals surface area contributed by atoms with E-state index >= 15 is 0 Å². The molecule has 1 aromatic carbocycles. The first-order valence-electron chi connectivity index (χ1n) is 10.8. The van der Waals surface area contributed by atoms with E-state index in [1.54, 1.807) is 11.8 Å². The number of likely N-dealkylation sites (tertiary alicyclic amines) is 1. The van der Waals surface area contributed by atoms with Crippen LogP contribution in [0.3, 0.4) is 0 Å². The Labute approximate surface area is 203 Å². The number of piperidine rings is 1. The minimum absolute atomic E-state index is 0.00464. The number of carbonyl (C=O) groups is 1. The number of imidazole rings is 1. The average Bonchev–Trinajstić information content (AvgIpc) is 3.11. The quantitative estimate of drug-likeness (QED) is 0.309. The molecule has 0 bridgehead atoms. The van der Waals surface area contributed by atoms with Crippen LogP contribution in [-0.2, 0) is 11.3 Å². The molecule has 3 heterocycles. The summed E-state index contributed by atoms with van der Waals surface area (Å²) in [6.07, 6.45) is 3.31. The number of aromatic nitrogens is 3. The van der Waals surface area contributed by atoms with E-state index in [2.05, 4.69) is 10.3 Å². The number of benzene rings is 1. The van der Waals surface area contributed by atoms with Crippen LogP contribution in [0.25, 0.3) is 0 Å². The lowest BCUT2D eigenvalue weighted by Gasteiger charge is -2.40. The van der Waals surface area contributed by atoms with Crippen LogP contribution >= 0.6 is 11.6 Å². The van der Waals surface area contributed by atoms with E-state index in [9.17, 15) is 27.6 Å². The monoisotopic (exact) mass is 511 g/mol. The summed E-state index contributed by atoms with van der Waals surface area (Å²) in [4.78, 5) is 18.5. The van der Waals surface area contributed by atoms with Crippen molar-refractivity contribution in [1.29, 1.82) is 0 Å². The first-order chi connectivity index (χ1) is 16.5. The van der Waals surface area contributed by atoms with Gasteiger partial charge in [0.15, 0.2) is 18.2 Å². The maximum Gasteiger partial charge on any atom is 0.257 e. The maximum atomic E-state index is 14.6. The van der Waals surface area contributed by atoms with Gasteiger partial charge in [0.2, 0.25) is 11.2 Å². The lowest BCUT2D eigenvalue weighted by Crippen LogP contribution is -2.52. The summed E-state index contributed by atoms with van der Waals surface area (Å²) < 4.78 is 58.1. The molecule has 1 aliphatic heterocycles. The van der Waals surface area contributed by atoms with Crippen molar-refractivity contribution in [3.8, 4) is 0 Å². The number of hydrogen-bond donors (Lipinski definition) is 1. The molecule has 12 heteroatoms. The van der Waals surface area contributed by atoms with Gasteiger partial charge in [0.05, 0.1) is 18.5 Å². The predicted octanol–water partition coefficient (Wildman–Crippen LogP) is 3.95. The summed E-state index contributed by atoms with van der Waals surface area (Å²) in [5, 5.41) is 13.9. The number of hydrogen-bond acceptors (Lipinski definition) is 4. The fraction of sp³-hybridized carbons (Fsp3) is 0.348. The van der Waals surface area contributed by atoms with Crippen LogP contribution in [0.4, 0.5) is 23.4 Å². The van der Waals surface area contributed by atoms with Gasteiger partial charge in [0.25, 0.3) is 5.92 Å². The molecule has 0 radical (unpaired) electrons. The summed E-state index contributed by atoms with van der Waals surface area (Å²) in [6.45, 7) is 1.55. The SMILES string of the molecule is CC(C(=O)Nc1cn(Cc2cc(F)cc(F)c2)c(Cl)n1)N1CCC(F)(F)[C@@H](c2cc[n+]([O-])cc2)C1. The Hall–Kier alpha value is -3.18. The van der Waals surface area contributed by atoms with Crippen LogP contribution in [0.5, 0.6) is 0 Å². The first-order valence-corrected chi connectivity index (χ1v) is 11.2. The number of rotatable bonds is 6. The molecule has 0 saturated carbocycles. The number of amides is 1. The van der Waals surface area contributed by atoms with Gasteiger partial charge in [0.1, 0.15) is 11.6 Å². The highest BCUT2D eigenvalue weighted by atomic mass is 35.5. The highest BCUT2D eigenvalue weighted by Crippen LogP contribution is 2.40. The Bertz CT molecular complexity index is 1200. The van der Waals surface area contributed by atoms with E-state index in [0.717, 1.165) is 18.2 Å². The maximum absolute atomic E-state index is 14.6. The molecule has 2 atom stereocenters. The van der Waals surface area contributed by atoms with E-state index in [0.29, 0.717) is 15.9 Å². The van der Waals surface area contributed by atoms with Crippen molar-refractivity contribution >= 4 is 23.3 Å². The molecule has 0 aliphatic carbocycles. The van der Waals surface area contributed by atoms with Gasteiger partial charge in [-0.3, -0.25) is 9.69 Å². The third-order valence-electron chi connectivity index (χ3n) is 6.07. The summed E-state index contributed by atoms with van der Waals surface area (Å²) in [5.41, 5.74) is 0.635. The normalized spacial score (nSPS) is 18.9. The Kier molecular flexibility index (Phi) is 7.00. The van der Waals surface area contributed by atoms with Gasteiger partial charge >= 0.3 is 0 Å². The largest absolute Gasteiger partial charge is 0.619 e. The Morgan fingerprint density at radius 2 is 1.94 bits per heavy atom. The first kappa shape index (κ1) is 24.9. The van der Waals surface area contributed by atoms with Crippen molar-refractivity contribution in [2.24, 2.45) is 0 Å². The molecule has 1 saturated heterocycles. The van der Waals surface area contributed by atoms with Gasteiger partial charge in [-0.15, -0.1) is 0 Å². The Balaban J connectivity index is 1.43. The van der Waals surface area contributed by atoms with Gasteiger partial charge in [-0.2, -0.15) is 4.73 Å². The zero-order valence-corrected chi connectivity index (χ0v) is 19.4. The molecule has 1 aliphatic rings. The zero-order chi connectivity index (χ0) is 25.3. The molecule has 2 aromatic heterocycles. The van der Waals surface area contributed by atoms with Crippen LogP contribution in [-0.4, -0.2) is 45.4 Å². The van der Waals surface area contributed by atoms with Crippen molar-refractivity contribution in [3.63, 3.8) is 0 Å². The summed E-state index contributed by atoms with van der Waals surface area (Å²) in [7, 11) is 0. The van der Waals surface area contributed by atoms with Crippen molar-refractivity contribution in [2.75, 3.05) is 18.4 Å². The van der Waals surface area contributed by atoms with Gasteiger partial charge in [-0.05, 0) is 41.8 Å². The molecule has 1 amide bonds. The minimum Gasteiger partial charge on any atom is -0.619 e. The highest BCUT2D eigenvalue weighted by molar-refractivity contribution is 6.28. The van der Waals surface area contributed by atoms with Gasteiger partial charge in [-0.1, -0.05) is 0 Å². The van der Waals surface area contributed by atoms with Crippen molar-refractivity contribution < 1.29 is 27.1 Å². The smallest absolute Gasteiger partial charge is 0.257 e. The number of halogens is 5. The molecule has 1 N–H and O–H groups in total. The van der Waals surface area contributed by atoms with Crippen molar-refractivity contribution in [3.05, 3.63) is 82.2 Å². The van der Waals surface area contributed by atoms with Crippen LogP contribution in [0.15, 0.2) is 48.9 Å². The van der Waals surface area contributed by atoms with E-state index in [1.165, 1.54) is 35.3 Å². The van der Waals surface area contributed by atoms with Crippen molar-refractivity contribution in [1.82, 2.24) is 14.5 Å². The Morgan fingerprint density at radius 1 is 1.29 bits per heavy atom. The predicted molar refractivity (Wildman–Crippen MR) is 120 cm³/mol. The summed E-state index contributed by atoms with van der Waals surface area (Å²) in [5.74, 6) is -5.97. The van der Waals surface area contributed by atoms with Crippen LogP contribution in [0.2, 0.25) is 5.28 Å². The number of alkyl halides is 2. The third kappa shape index (κ3) is 5.73. The minimum atomic E-state index is -2.98. The summed E-state index contributed by atoms with van der Waals surface area (Å²) >= 11 is 6.11.